The molecule has 0 aliphatic carbocycles. The Hall–Kier alpha value is -3.08. The maximum Gasteiger partial charge on any atom is 0.333 e. The molecular weight excluding hydrogens is 286 g/mol. The lowest BCUT2D eigenvalue weighted by Gasteiger charge is -2.17. The molecule has 2 aromatic rings. The number of rotatable bonds is 3. The molecule has 22 heavy (non-hydrogen) atoms. The van der Waals surface area contributed by atoms with Gasteiger partial charge in [-0.15, -0.1) is 5.10 Å². The second-order valence-corrected chi connectivity index (χ2v) is 4.73. The predicted molar refractivity (Wildman–Crippen MR) is 78.4 cm³/mol. The van der Waals surface area contributed by atoms with Crippen LogP contribution in [0.1, 0.15) is 0 Å². The molecule has 0 radical (unpaired) electrons. The molecule has 2 heterocycles. The molecular formula is C14H13N5O3. The van der Waals surface area contributed by atoms with Crippen molar-refractivity contribution in [2.24, 2.45) is 0 Å². The van der Waals surface area contributed by atoms with E-state index in [-0.39, 0.29) is 6.54 Å². The van der Waals surface area contributed by atoms with Crippen molar-refractivity contribution >= 4 is 11.6 Å². The summed E-state index contributed by atoms with van der Waals surface area (Å²) in [4.78, 5) is 25.7. The Kier molecular flexibility index (Phi) is 3.39. The Balaban J connectivity index is 2.09. The van der Waals surface area contributed by atoms with E-state index in [4.69, 9.17) is 10.00 Å². The number of fused-ring (bicyclic) bond motifs is 1. The average molecular weight is 299 g/mol. The van der Waals surface area contributed by atoms with Gasteiger partial charge in [0, 0.05) is 18.8 Å². The zero-order valence-corrected chi connectivity index (χ0v) is 11.9. The maximum absolute atomic E-state index is 12.1. The maximum atomic E-state index is 12.1. The van der Waals surface area contributed by atoms with Gasteiger partial charge in [-0.3, -0.25) is 14.2 Å². The summed E-state index contributed by atoms with van der Waals surface area (Å²) in [6.07, 6.45) is 0. The van der Waals surface area contributed by atoms with Crippen LogP contribution in [0.3, 0.4) is 0 Å². The van der Waals surface area contributed by atoms with Gasteiger partial charge in [0.1, 0.15) is 12.3 Å². The summed E-state index contributed by atoms with van der Waals surface area (Å²) in [7, 11) is 1.59. The third kappa shape index (κ3) is 2.13. The Morgan fingerprint density at radius 3 is 2.59 bits per heavy atom. The van der Waals surface area contributed by atoms with E-state index in [1.165, 1.54) is 4.57 Å². The molecule has 0 bridgehead atoms. The molecule has 8 heteroatoms. The number of nitriles is 1. The van der Waals surface area contributed by atoms with Crippen molar-refractivity contribution < 1.29 is 4.74 Å². The SMILES string of the molecule is COc1ccc(N2CCn3c2nn(CC#N)c(=O)c3=O)cc1. The van der Waals surface area contributed by atoms with Gasteiger partial charge in [0.05, 0.1) is 13.2 Å². The zero-order valence-electron chi connectivity index (χ0n) is 11.9. The van der Waals surface area contributed by atoms with Crippen LogP contribution in [0.4, 0.5) is 11.6 Å². The van der Waals surface area contributed by atoms with Crippen molar-refractivity contribution in [2.45, 2.75) is 13.1 Å². The van der Waals surface area contributed by atoms with E-state index in [1.54, 1.807) is 19.2 Å². The van der Waals surface area contributed by atoms with Gasteiger partial charge in [-0.25, -0.2) is 4.68 Å². The lowest BCUT2D eigenvalue weighted by Crippen LogP contribution is -2.42. The number of hydrogen-bond acceptors (Lipinski definition) is 6. The number of benzene rings is 1. The quantitative estimate of drug-likeness (QED) is 0.746. The second-order valence-electron chi connectivity index (χ2n) is 4.73. The van der Waals surface area contributed by atoms with Crippen LogP contribution in [0.15, 0.2) is 33.9 Å². The van der Waals surface area contributed by atoms with Crippen LogP contribution >= 0.6 is 0 Å². The van der Waals surface area contributed by atoms with Gasteiger partial charge >= 0.3 is 11.1 Å². The highest BCUT2D eigenvalue weighted by atomic mass is 16.5. The number of hydrogen-bond donors (Lipinski definition) is 0. The van der Waals surface area contributed by atoms with Crippen LogP contribution in [0, 0.1) is 11.3 Å². The molecule has 0 N–H and O–H groups in total. The third-order valence-electron chi connectivity index (χ3n) is 3.51. The Morgan fingerprint density at radius 1 is 1.23 bits per heavy atom. The molecule has 0 unspecified atom stereocenters. The number of aromatic nitrogens is 3. The largest absolute Gasteiger partial charge is 0.497 e. The van der Waals surface area contributed by atoms with E-state index in [2.05, 4.69) is 5.10 Å². The zero-order chi connectivity index (χ0) is 15.7. The van der Waals surface area contributed by atoms with Gasteiger partial charge in [0.2, 0.25) is 5.95 Å². The molecule has 0 amide bonds. The summed E-state index contributed by atoms with van der Waals surface area (Å²) in [5.74, 6) is 1.09. The van der Waals surface area contributed by atoms with Gasteiger partial charge in [0.15, 0.2) is 0 Å². The van der Waals surface area contributed by atoms with Crippen molar-refractivity contribution in [3.63, 3.8) is 0 Å². The second kappa shape index (κ2) is 5.37. The number of anilines is 2. The van der Waals surface area contributed by atoms with E-state index >= 15 is 0 Å². The highest BCUT2D eigenvalue weighted by Gasteiger charge is 2.25. The summed E-state index contributed by atoms with van der Waals surface area (Å²) < 4.78 is 7.35. The van der Waals surface area contributed by atoms with Gasteiger partial charge < -0.3 is 9.64 Å². The lowest BCUT2D eigenvalue weighted by molar-refractivity contribution is 0.415. The molecule has 8 nitrogen and oxygen atoms in total. The van der Waals surface area contributed by atoms with E-state index in [0.29, 0.717) is 19.0 Å². The van der Waals surface area contributed by atoms with E-state index in [1.807, 2.05) is 23.1 Å². The minimum atomic E-state index is -0.776. The Morgan fingerprint density at radius 2 is 1.95 bits per heavy atom. The molecule has 1 aliphatic rings. The van der Waals surface area contributed by atoms with Crippen LogP contribution in [0.25, 0.3) is 0 Å². The van der Waals surface area contributed by atoms with E-state index in [0.717, 1.165) is 16.1 Å². The highest BCUT2D eigenvalue weighted by molar-refractivity contribution is 5.59. The first-order valence-electron chi connectivity index (χ1n) is 6.66. The normalized spacial score (nSPS) is 12.8. The molecule has 0 atom stereocenters. The fraction of sp³-hybridized carbons (Fsp3) is 0.286. The van der Waals surface area contributed by atoms with Crippen LogP contribution in [0.5, 0.6) is 5.75 Å². The van der Waals surface area contributed by atoms with Gasteiger partial charge in [-0.2, -0.15) is 5.26 Å². The fourth-order valence-corrected chi connectivity index (χ4v) is 2.41. The summed E-state index contributed by atoms with van der Waals surface area (Å²) >= 11 is 0. The predicted octanol–water partition coefficient (Wildman–Crippen LogP) is 0.0889. The van der Waals surface area contributed by atoms with Crippen molar-refractivity contribution in [3.05, 3.63) is 45.0 Å². The highest BCUT2D eigenvalue weighted by Crippen LogP contribution is 2.27. The Labute approximate surface area is 125 Å². The molecule has 0 saturated carbocycles. The van der Waals surface area contributed by atoms with Crippen LogP contribution in [-0.2, 0) is 13.1 Å². The molecule has 3 rings (SSSR count). The summed E-state index contributed by atoms with van der Waals surface area (Å²) in [5, 5.41) is 12.9. The summed E-state index contributed by atoms with van der Waals surface area (Å²) in [6, 6.07) is 9.14. The summed E-state index contributed by atoms with van der Waals surface area (Å²) in [5.41, 5.74) is -0.598. The first-order chi connectivity index (χ1) is 10.7. The van der Waals surface area contributed by atoms with Crippen molar-refractivity contribution in [3.8, 4) is 11.8 Å². The number of ether oxygens (including phenoxy) is 1. The number of nitrogens with zero attached hydrogens (tertiary/aromatic N) is 5. The topological polar surface area (TPSA) is 93.2 Å². The van der Waals surface area contributed by atoms with Gasteiger partial charge in [-0.05, 0) is 24.3 Å². The van der Waals surface area contributed by atoms with Gasteiger partial charge in [-0.1, -0.05) is 0 Å². The standard InChI is InChI=1S/C14H13N5O3/c1-22-11-4-2-10(3-5-11)17-8-9-18-12(20)13(21)19(7-6-15)16-14(17)18/h2-5H,7-9H2,1H3. The molecule has 1 aromatic carbocycles. The van der Waals surface area contributed by atoms with Crippen molar-refractivity contribution in [1.29, 1.82) is 5.26 Å². The van der Waals surface area contributed by atoms with Crippen LogP contribution in [-0.4, -0.2) is 28.0 Å². The fourth-order valence-electron chi connectivity index (χ4n) is 2.41. The third-order valence-corrected chi connectivity index (χ3v) is 3.51. The first-order valence-corrected chi connectivity index (χ1v) is 6.66. The lowest BCUT2D eigenvalue weighted by atomic mass is 10.3. The molecule has 0 saturated heterocycles. The van der Waals surface area contributed by atoms with Crippen LogP contribution in [0.2, 0.25) is 0 Å². The van der Waals surface area contributed by atoms with Crippen LogP contribution < -0.4 is 20.8 Å². The minimum absolute atomic E-state index is 0.252. The molecule has 0 spiro atoms. The average Bonchev–Trinajstić information content (AvgIpc) is 2.96. The smallest absolute Gasteiger partial charge is 0.333 e. The van der Waals surface area contributed by atoms with E-state index < -0.39 is 11.1 Å². The summed E-state index contributed by atoms with van der Waals surface area (Å²) in [6.45, 7) is 0.665. The Bertz CT molecular complexity index is 860. The molecule has 1 aliphatic heterocycles. The number of methoxy groups -OCH3 is 1. The molecule has 0 fully saturated rings. The minimum Gasteiger partial charge on any atom is -0.497 e. The van der Waals surface area contributed by atoms with Gasteiger partial charge in [0.25, 0.3) is 0 Å². The molecule has 1 aromatic heterocycles. The van der Waals surface area contributed by atoms with Crippen molar-refractivity contribution in [2.75, 3.05) is 18.6 Å². The monoisotopic (exact) mass is 299 g/mol. The van der Waals surface area contributed by atoms with Crippen molar-refractivity contribution in [1.82, 2.24) is 14.3 Å². The molecule has 112 valence electrons. The van der Waals surface area contributed by atoms with E-state index in [9.17, 15) is 9.59 Å². The first kappa shape index (κ1) is 13.9.